The van der Waals surface area contributed by atoms with Crippen molar-refractivity contribution in [3.63, 3.8) is 0 Å². The summed E-state index contributed by atoms with van der Waals surface area (Å²) in [5.74, 6) is -2.72. The maximum Gasteiger partial charge on any atom is 0.534 e. The molecule has 1 saturated heterocycles. The molecule has 1 amide bonds. The summed E-state index contributed by atoms with van der Waals surface area (Å²) in [6.07, 6.45) is 0.709. The Labute approximate surface area is 117 Å². The second-order valence-electron chi connectivity index (χ2n) is 4.63. The van der Waals surface area contributed by atoms with Crippen LogP contribution in [0.3, 0.4) is 0 Å². The summed E-state index contributed by atoms with van der Waals surface area (Å²) >= 11 is 0. The quantitative estimate of drug-likeness (QED) is 0.600. The number of halogens is 3. The van der Waals surface area contributed by atoms with Crippen LogP contribution in [-0.2, 0) is 23.9 Å². The second-order valence-corrected chi connectivity index (χ2v) is 6.17. The van der Waals surface area contributed by atoms with E-state index >= 15 is 0 Å². The predicted octanol–water partition coefficient (Wildman–Crippen LogP) is 0.584. The minimum atomic E-state index is -5.83. The Morgan fingerprint density at radius 1 is 1.38 bits per heavy atom. The molecule has 2 aliphatic rings. The average molecular weight is 329 g/mol. The smallest absolute Gasteiger partial charge is 0.480 e. The van der Waals surface area contributed by atoms with Gasteiger partial charge in [0.1, 0.15) is 11.8 Å². The van der Waals surface area contributed by atoms with Crippen LogP contribution in [0.25, 0.3) is 0 Å². The van der Waals surface area contributed by atoms with E-state index in [2.05, 4.69) is 4.18 Å². The molecule has 0 aromatic rings. The Bertz CT molecular complexity index is 611. The van der Waals surface area contributed by atoms with E-state index in [9.17, 15) is 31.2 Å². The number of fused-ring (bicyclic) bond motifs is 1. The van der Waals surface area contributed by atoms with E-state index in [0.29, 0.717) is 6.08 Å². The summed E-state index contributed by atoms with van der Waals surface area (Å²) in [4.78, 5) is 23.7. The van der Waals surface area contributed by atoms with Crippen LogP contribution in [0.5, 0.6) is 0 Å². The van der Waals surface area contributed by atoms with Crippen molar-refractivity contribution < 1.29 is 40.5 Å². The Kier molecular flexibility index (Phi) is 3.64. The normalized spacial score (nSPS) is 26.3. The number of carbonyl (C=O) groups excluding carboxylic acids is 1. The fourth-order valence-corrected chi connectivity index (χ4v) is 2.90. The molecule has 0 radical (unpaired) electrons. The molecule has 2 atom stereocenters. The number of carbonyl (C=O) groups is 2. The van der Waals surface area contributed by atoms with Gasteiger partial charge in [0.2, 0.25) is 0 Å². The molecule has 0 aliphatic carbocycles. The number of rotatable bonds is 3. The molecule has 0 bridgehead atoms. The Balaban J connectivity index is 2.21. The van der Waals surface area contributed by atoms with Crippen molar-refractivity contribution in [3.05, 3.63) is 11.8 Å². The van der Waals surface area contributed by atoms with E-state index in [4.69, 9.17) is 5.11 Å². The lowest BCUT2D eigenvalue weighted by molar-refractivity contribution is -0.148. The fraction of sp³-hybridized carbons (Fsp3) is 0.600. The third kappa shape index (κ3) is 2.82. The van der Waals surface area contributed by atoms with Gasteiger partial charge in [-0.1, -0.05) is 0 Å². The number of alkyl halides is 3. The zero-order chi connectivity index (χ0) is 16.0. The van der Waals surface area contributed by atoms with Gasteiger partial charge in [-0.15, -0.1) is 0 Å². The van der Waals surface area contributed by atoms with Crippen LogP contribution in [0.2, 0.25) is 0 Å². The number of hydrogen-bond donors (Lipinski definition) is 1. The molecule has 7 nitrogen and oxygen atoms in total. The second kappa shape index (κ2) is 4.90. The molecule has 2 aliphatic heterocycles. The van der Waals surface area contributed by atoms with Crippen LogP contribution in [0.1, 0.15) is 19.3 Å². The lowest BCUT2D eigenvalue weighted by Gasteiger charge is -2.31. The molecule has 0 aromatic heterocycles. The van der Waals surface area contributed by atoms with Gasteiger partial charge in [-0.3, -0.25) is 4.79 Å². The zero-order valence-electron chi connectivity index (χ0n) is 10.3. The molecule has 2 rings (SSSR count). The van der Waals surface area contributed by atoms with E-state index < -0.39 is 45.3 Å². The van der Waals surface area contributed by atoms with Crippen molar-refractivity contribution in [2.24, 2.45) is 0 Å². The highest BCUT2D eigenvalue weighted by Crippen LogP contribution is 2.35. The van der Waals surface area contributed by atoms with Crippen LogP contribution >= 0.6 is 0 Å². The number of amides is 1. The Hall–Kier alpha value is -1.78. The van der Waals surface area contributed by atoms with Crippen LogP contribution in [0.15, 0.2) is 11.8 Å². The van der Waals surface area contributed by atoms with Crippen molar-refractivity contribution in [3.8, 4) is 0 Å². The summed E-state index contributed by atoms with van der Waals surface area (Å²) in [7, 11) is -5.83. The average Bonchev–Trinajstić information content (AvgIpc) is 2.70. The van der Waals surface area contributed by atoms with Gasteiger partial charge < -0.3 is 14.2 Å². The molecule has 2 heterocycles. The lowest BCUT2D eigenvalue weighted by Crippen LogP contribution is -2.46. The third-order valence-electron chi connectivity index (χ3n) is 3.26. The minimum absolute atomic E-state index is 0.152. The highest BCUT2D eigenvalue weighted by molar-refractivity contribution is 7.87. The lowest BCUT2D eigenvalue weighted by atomic mass is 10.1. The van der Waals surface area contributed by atoms with Crippen molar-refractivity contribution in [2.45, 2.75) is 36.9 Å². The Morgan fingerprint density at radius 2 is 2.00 bits per heavy atom. The fourth-order valence-electron chi connectivity index (χ4n) is 2.41. The first-order chi connectivity index (χ1) is 9.53. The van der Waals surface area contributed by atoms with Crippen molar-refractivity contribution in [1.82, 2.24) is 4.90 Å². The highest BCUT2D eigenvalue weighted by Gasteiger charge is 2.50. The van der Waals surface area contributed by atoms with Crippen LogP contribution < -0.4 is 0 Å². The molecule has 118 valence electrons. The first-order valence-corrected chi connectivity index (χ1v) is 7.20. The molecule has 0 saturated carbocycles. The van der Waals surface area contributed by atoms with Crippen LogP contribution in [-0.4, -0.2) is 47.9 Å². The van der Waals surface area contributed by atoms with Crippen molar-refractivity contribution >= 4 is 22.0 Å². The highest BCUT2D eigenvalue weighted by atomic mass is 32.2. The summed E-state index contributed by atoms with van der Waals surface area (Å²) in [6.45, 7) is 0. The molecule has 21 heavy (non-hydrogen) atoms. The SMILES string of the molecule is O=C(O)[C@@H]1CC[C@@H]2CC(OS(=O)(=O)C(F)(F)F)=CC(=O)N21. The first-order valence-electron chi connectivity index (χ1n) is 5.79. The zero-order valence-corrected chi connectivity index (χ0v) is 11.1. The molecular weight excluding hydrogens is 319 g/mol. The van der Waals surface area contributed by atoms with E-state index in [-0.39, 0.29) is 19.3 Å². The number of carboxylic acid groups (broad SMARTS) is 1. The van der Waals surface area contributed by atoms with Gasteiger partial charge >= 0.3 is 21.6 Å². The summed E-state index contributed by atoms with van der Waals surface area (Å²) < 4.78 is 62.3. The first kappa shape index (κ1) is 15.6. The number of hydrogen-bond acceptors (Lipinski definition) is 5. The Morgan fingerprint density at radius 3 is 2.52 bits per heavy atom. The van der Waals surface area contributed by atoms with Gasteiger partial charge in [0.25, 0.3) is 5.91 Å². The molecule has 1 fully saturated rings. The largest absolute Gasteiger partial charge is 0.534 e. The topological polar surface area (TPSA) is 101 Å². The molecule has 0 spiro atoms. The van der Waals surface area contributed by atoms with Gasteiger partial charge in [0.15, 0.2) is 0 Å². The van der Waals surface area contributed by atoms with Crippen LogP contribution in [0, 0.1) is 0 Å². The molecule has 0 aromatic carbocycles. The van der Waals surface area contributed by atoms with Crippen molar-refractivity contribution in [1.29, 1.82) is 0 Å². The maximum absolute atomic E-state index is 12.2. The van der Waals surface area contributed by atoms with E-state index in [1.165, 1.54) is 0 Å². The van der Waals surface area contributed by atoms with E-state index in [1.54, 1.807) is 0 Å². The number of nitrogens with zero attached hydrogens (tertiary/aromatic N) is 1. The van der Waals surface area contributed by atoms with Gasteiger partial charge in [0.05, 0.1) is 0 Å². The standard InChI is InChI=1S/C10H10F3NO6S/c11-10(12,13)21(18,19)20-6-3-5-1-2-7(9(16)17)14(5)8(15)4-6/h4-5,7H,1-3H2,(H,16,17)/t5-,7+/m1/s1. The van der Waals surface area contributed by atoms with Gasteiger partial charge in [-0.2, -0.15) is 21.6 Å². The summed E-state index contributed by atoms with van der Waals surface area (Å²) in [5, 5.41) is 8.94. The van der Waals surface area contributed by atoms with Crippen LogP contribution in [0.4, 0.5) is 13.2 Å². The predicted molar refractivity (Wildman–Crippen MR) is 60.1 cm³/mol. The van der Waals surface area contributed by atoms with E-state index in [0.717, 1.165) is 4.90 Å². The number of aliphatic carboxylic acids is 1. The maximum atomic E-state index is 12.2. The molecule has 1 N–H and O–H groups in total. The molecular formula is C10H10F3NO6S. The van der Waals surface area contributed by atoms with Crippen molar-refractivity contribution in [2.75, 3.05) is 0 Å². The van der Waals surface area contributed by atoms with Gasteiger partial charge in [-0.05, 0) is 12.8 Å². The van der Waals surface area contributed by atoms with Gasteiger partial charge in [-0.25, -0.2) is 4.79 Å². The van der Waals surface area contributed by atoms with Gasteiger partial charge in [0, 0.05) is 18.5 Å². The summed E-state index contributed by atoms with van der Waals surface area (Å²) in [6, 6.07) is -1.73. The van der Waals surface area contributed by atoms with E-state index in [1.807, 2.05) is 0 Å². The molecule has 0 unspecified atom stereocenters. The summed E-state index contributed by atoms with van der Waals surface area (Å²) in [5.41, 5.74) is -5.59. The monoisotopic (exact) mass is 329 g/mol. The molecule has 11 heteroatoms. The minimum Gasteiger partial charge on any atom is -0.480 e. The number of carboxylic acids is 1. The third-order valence-corrected chi connectivity index (χ3v) is 4.26.